The van der Waals surface area contributed by atoms with Crippen molar-refractivity contribution in [2.24, 2.45) is 0 Å². The molecule has 5 nitrogen and oxygen atoms in total. The molecule has 0 spiro atoms. The first-order chi connectivity index (χ1) is 8.04. The summed E-state index contributed by atoms with van der Waals surface area (Å²) in [4.78, 5) is 13.5. The minimum atomic E-state index is -0.481. The average molecular weight is 260 g/mol. The molecule has 0 aliphatic heterocycles. The lowest BCUT2D eigenvalue weighted by Gasteiger charge is -2.20. The molecular weight excluding hydrogens is 240 g/mol. The lowest BCUT2D eigenvalue weighted by atomic mass is 10.3. The number of aromatic nitrogens is 1. The number of rotatable bonds is 7. The summed E-state index contributed by atoms with van der Waals surface area (Å²) in [6, 6.07) is 0. The Hall–Kier alpha value is -0.690. The van der Waals surface area contributed by atoms with Gasteiger partial charge in [0.15, 0.2) is 0 Å². The van der Waals surface area contributed by atoms with Crippen LogP contribution >= 0.6 is 11.3 Å². The normalized spacial score (nSPS) is 13.2. The number of aryl methyl sites for hydroxylation is 1. The fraction of sp³-hybridized carbons (Fsp3) is 0.727. The largest absolute Gasteiger partial charge is 0.389 e. The van der Waals surface area contributed by atoms with Gasteiger partial charge in [-0.25, -0.2) is 0 Å². The molecule has 0 aliphatic carbocycles. The third kappa shape index (κ3) is 4.59. The summed E-state index contributed by atoms with van der Waals surface area (Å²) < 4.78 is 6.62. The Morgan fingerprint density at radius 1 is 1.65 bits per heavy atom. The van der Waals surface area contributed by atoms with Gasteiger partial charge in [0.1, 0.15) is 0 Å². The zero-order valence-corrected chi connectivity index (χ0v) is 11.4. The van der Waals surface area contributed by atoms with Gasteiger partial charge in [-0.1, -0.05) is 11.3 Å². The highest BCUT2D eigenvalue weighted by Crippen LogP contribution is 2.00. The van der Waals surface area contributed by atoms with E-state index in [-0.39, 0.29) is 4.87 Å². The van der Waals surface area contributed by atoms with E-state index in [0.717, 1.165) is 12.2 Å². The fourth-order valence-corrected chi connectivity index (χ4v) is 2.40. The maximum Gasteiger partial charge on any atom is 0.307 e. The van der Waals surface area contributed by atoms with E-state index in [4.69, 9.17) is 4.74 Å². The van der Waals surface area contributed by atoms with Crippen LogP contribution in [0.25, 0.3) is 0 Å². The SMILES string of the molecule is COCC(O)CN(C)CCn1c(C)csc1=O. The van der Waals surface area contributed by atoms with E-state index in [0.29, 0.717) is 19.7 Å². The summed E-state index contributed by atoms with van der Waals surface area (Å²) >= 11 is 1.22. The third-order valence-electron chi connectivity index (χ3n) is 2.56. The lowest BCUT2D eigenvalue weighted by molar-refractivity contribution is 0.0427. The molecule has 17 heavy (non-hydrogen) atoms. The average Bonchev–Trinajstić information content (AvgIpc) is 2.56. The van der Waals surface area contributed by atoms with E-state index in [1.54, 1.807) is 11.7 Å². The predicted octanol–water partition coefficient (Wildman–Crippen LogP) is 0.157. The second kappa shape index (κ2) is 6.90. The maximum atomic E-state index is 11.5. The van der Waals surface area contributed by atoms with Crippen molar-refractivity contribution in [1.29, 1.82) is 0 Å². The van der Waals surface area contributed by atoms with E-state index in [1.807, 2.05) is 24.3 Å². The number of aliphatic hydroxyl groups excluding tert-OH is 1. The number of hydrogen-bond donors (Lipinski definition) is 1. The molecule has 0 saturated carbocycles. The van der Waals surface area contributed by atoms with Gasteiger partial charge >= 0.3 is 4.87 Å². The van der Waals surface area contributed by atoms with Gasteiger partial charge in [-0.05, 0) is 14.0 Å². The Balaban J connectivity index is 2.38. The first kappa shape index (κ1) is 14.4. The quantitative estimate of drug-likeness (QED) is 0.758. The first-order valence-corrected chi connectivity index (χ1v) is 6.43. The van der Waals surface area contributed by atoms with Crippen LogP contribution < -0.4 is 4.87 Å². The van der Waals surface area contributed by atoms with Crippen molar-refractivity contribution in [1.82, 2.24) is 9.47 Å². The summed E-state index contributed by atoms with van der Waals surface area (Å²) in [5.74, 6) is 0. The molecule has 6 heteroatoms. The van der Waals surface area contributed by atoms with Crippen molar-refractivity contribution in [3.63, 3.8) is 0 Å². The van der Waals surface area contributed by atoms with Crippen LogP contribution in [0.4, 0.5) is 0 Å². The van der Waals surface area contributed by atoms with Crippen LogP contribution in [-0.4, -0.2) is 54.5 Å². The van der Waals surface area contributed by atoms with Gasteiger partial charge in [-0.15, -0.1) is 0 Å². The number of methoxy groups -OCH3 is 1. The molecule has 1 unspecified atom stereocenters. The van der Waals surface area contributed by atoms with E-state index < -0.39 is 6.10 Å². The van der Waals surface area contributed by atoms with Crippen LogP contribution in [0, 0.1) is 6.92 Å². The molecule has 98 valence electrons. The lowest BCUT2D eigenvalue weighted by Crippen LogP contribution is -2.35. The third-order valence-corrected chi connectivity index (χ3v) is 3.44. The number of hydrogen-bond acceptors (Lipinski definition) is 5. The predicted molar refractivity (Wildman–Crippen MR) is 68.7 cm³/mol. The fourth-order valence-electron chi connectivity index (χ4n) is 1.64. The van der Waals surface area contributed by atoms with Gasteiger partial charge in [0, 0.05) is 37.8 Å². The number of ether oxygens (including phenoxy) is 1. The molecule has 0 fully saturated rings. The molecular formula is C11H20N2O3S. The molecule has 0 amide bonds. The standard InChI is InChI=1S/C11H20N2O3S/c1-9-8-17-11(15)13(9)5-4-12(2)6-10(14)7-16-3/h8,10,14H,4-7H2,1-3H3. The zero-order valence-electron chi connectivity index (χ0n) is 10.5. The van der Waals surface area contributed by atoms with Gasteiger partial charge < -0.3 is 19.3 Å². The molecule has 0 saturated heterocycles. The topological polar surface area (TPSA) is 54.7 Å². The van der Waals surface area contributed by atoms with Crippen LogP contribution in [0.15, 0.2) is 10.2 Å². The summed E-state index contributed by atoms with van der Waals surface area (Å²) in [6.45, 7) is 4.20. The van der Waals surface area contributed by atoms with Crippen LogP contribution in [0.3, 0.4) is 0 Å². The Bertz CT molecular complexity index is 388. The summed E-state index contributed by atoms with van der Waals surface area (Å²) in [5.41, 5.74) is 0.992. The van der Waals surface area contributed by atoms with Gasteiger partial charge in [0.25, 0.3) is 0 Å². The molecule has 0 bridgehead atoms. The van der Waals surface area contributed by atoms with E-state index in [1.165, 1.54) is 11.3 Å². The van der Waals surface area contributed by atoms with Gasteiger partial charge in [0.2, 0.25) is 0 Å². The second-order valence-electron chi connectivity index (χ2n) is 4.17. The molecule has 1 aromatic heterocycles. The van der Waals surface area contributed by atoms with Crippen molar-refractivity contribution in [2.75, 3.05) is 33.9 Å². The number of likely N-dealkylation sites (N-methyl/N-ethyl adjacent to an activating group) is 1. The van der Waals surface area contributed by atoms with Gasteiger partial charge in [0.05, 0.1) is 12.7 Å². The minimum absolute atomic E-state index is 0.0772. The zero-order chi connectivity index (χ0) is 12.8. The highest BCUT2D eigenvalue weighted by atomic mass is 32.1. The molecule has 1 heterocycles. The van der Waals surface area contributed by atoms with Crippen molar-refractivity contribution < 1.29 is 9.84 Å². The first-order valence-electron chi connectivity index (χ1n) is 5.55. The van der Waals surface area contributed by atoms with E-state index in [9.17, 15) is 9.90 Å². The summed E-state index contributed by atoms with van der Waals surface area (Å²) in [7, 11) is 3.49. The molecule has 0 aromatic carbocycles. The minimum Gasteiger partial charge on any atom is -0.389 e. The monoisotopic (exact) mass is 260 g/mol. The molecule has 1 N–H and O–H groups in total. The van der Waals surface area contributed by atoms with Gasteiger partial charge in [-0.3, -0.25) is 4.79 Å². The maximum absolute atomic E-state index is 11.5. The summed E-state index contributed by atoms with van der Waals surface area (Å²) in [5, 5.41) is 11.4. The number of nitrogens with zero attached hydrogens (tertiary/aromatic N) is 2. The molecule has 1 rings (SSSR count). The Kier molecular flexibility index (Phi) is 5.84. The molecule has 0 radical (unpaired) electrons. The number of aliphatic hydroxyl groups is 1. The van der Waals surface area contributed by atoms with Crippen LogP contribution in [0.1, 0.15) is 5.69 Å². The Labute approximate surface area is 105 Å². The van der Waals surface area contributed by atoms with Crippen molar-refractivity contribution >= 4 is 11.3 Å². The Morgan fingerprint density at radius 2 is 2.35 bits per heavy atom. The highest BCUT2D eigenvalue weighted by Gasteiger charge is 2.09. The van der Waals surface area contributed by atoms with Crippen LogP contribution in [0.5, 0.6) is 0 Å². The van der Waals surface area contributed by atoms with Crippen molar-refractivity contribution in [2.45, 2.75) is 19.6 Å². The van der Waals surface area contributed by atoms with Gasteiger partial charge in [-0.2, -0.15) is 0 Å². The van der Waals surface area contributed by atoms with Crippen LogP contribution in [0.2, 0.25) is 0 Å². The van der Waals surface area contributed by atoms with E-state index >= 15 is 0 Å². The highest BCUT2D eigenvalue weighted by molar-refractivity contribution is 7.07. The van der Waals surface area contributed by atoms with E-state index in [2.05, 4.69) is 0 Å². The Morgan fingerprint density at radius 3 is 2.88 bits per heavy atom. The molecule has 0 aliphatic rings. The summed E-state index contributed by atoms with van der Waals surface area (Å²) in [6.07, 6.45) is -0.481. The molecule has 1 aromatic rings. The second-order valence-corrected chi connectivity index (χ2v) is 4.99. The smallest absolute Gasteiger partial charge is 0.307 e. The number of thiazole rings is 1. The van der Waals surface area contributed by atoms with Crippen LogP contribution in [-0.2, 0) is 11.3 Å². The van der Waals surface area contributed by atoms with Crippen molar-refractivity contribution in [3.05, 3.63) is 20.7 Å². The molecule has 1 atom stereocenters. The van der Waals surface area contributed by atoms with Crippen molar-refractivity contribution in [3.8, 4) is 0 Å².